The number of pyridine rings is 1. The quantitative estimate of drug-likeness (QED) is 0.315. The van der Waals surface area contributed by atoms with Gasteiger partial charge in [0.15, 0.2) is 0 Å². The van der Waals surface area contributed by atoms with Crippen LogP contribution in [-0.4, -0.2) is 41.9 Å². The number of hydrogen-bond acceptors (Lipinski definition) is 7. The van der Waals surface area contributed by atoms with Crippen molar-refractivity contribution in [3.8, 4) is 0 Å². The van der Waals surface area contributed by atoms with Gasteiger partial charge in [-0.1, -0.05) is 12.1 Å². The molecule has 6 rings (SSSR count). The van der Waals surface area contributed by atoms with E-state index in [2.05, 4.69) is 36.1 Å². The van der Waals surface area contributed by atoms with E-state index in [9.17, 15) is 22.8 Å². The van der Waals surface area contributed by atoms with Crippen molar-refractivity contribution in [3.05, 3.63) is 107 Å². The number of nitrogens with one attached hydrogen (secondary N) is 4. The Morgan fingerprint density at radius 3 is 2.58 bits per heavy atom. The largest absolute Gasteiger partial charge is 0.416 e. The number of halogens is 3. The summed E-state index contributed by atoms with van der Waals surface area (Å²) in [7, 11) is 0. The zero-order valence-corrected chi connectivity index (χ0v) is 23.1. The summed E-state index contributed by atoms with van der Waals surface area (Å²) in [6.07, 6.45) is 2.88. The van der Waals surface area contributed by atoms with E-state index in [1.165, 1.54) is 12.1 Å². The van der Waals surface area contributed by atoms with Crippen LogP contribution in [0.2, 0.25) is 0 Å². The van der Waals surface area contributed by atoms with E-state index in [0.29, 0.717) is 36.1 Å². The molecule has 3 aromatic rings. The van der Waals surface area contributed by atoms with Crippen LogP contribution in [0.1, 0.15) is 44.8 Å². The highest BCUT2D eigenvalue weighted by Gasteiger charge is 2.31. The molecule has 1 fully saturated rings. The van der Waals surface area contributed by atoms with Gasteiger partial charge in [-0.2, -0.15) is 13.2 Å². The molecule has 2 aliphatic heterocycles. The Morgan fingerprint density at radius 2 is 1.84 bits per heavy atom. The average molecular weight is 588 g/mol. The smallest absolute Gasteiger partial charge is 0.363 e. The number of amides is 2. The average Bonchev–Trinajstić information content (AvgIpc) is 3.82. The monoisotopic (exact) mass is 587 g/mol. The Morgan fingerprint density at radius 1 is 1.02 bits per heavy atom. The Kier molecular flexibility index (Phi) is 7.34. The van der Waals surface area contributed by atoms with Crippen molar-refractivity contribution in [1.29, 1.82) is 0 Å². The van der Waals surface area contributed by atoms with Crippen LogP contribution in [0.25, 0.3) is 0 Å². The van der Waals surface area contributed by atoms with Gasteiger partial charge in [-0.25, -0.2) is 9.98 Å². The summed E-state index contributed by atoms with van der Waals surface area (Å²) in [5.41, 5.74) is 4.30. The molecule has 43 heavy (non-hydrogen) atoms. The molecule has 4 N–H and O–H groups in total. The lowest BCUT2D eigenvalue weighted by atomic mass is 10.0. The second-order valence-electron chi connectivity index (χ2n) is 10.6. The first-order chi connectivity index (χ1) is 20.6. The van der Waals surface area contributed by atoms with E-state index in [1.807, 2.05) is 25.1 Å². The number of guanidine groups is 1. The molecule has 0 bridgehead atoms. The van der Waals surface area contributed by atoms with Gasteiger partial charge in [0.2, 0.25) is 5.96 Å². The van der Waals surface area contributed by atoms with Crippen LogP contribution < -0.4 is 26.2 Å². The van der Waals surface area contributed by atoms with Gasteiger partial charge in [0.1, 0.15) is 5.69 Å². The maximum Gasteiger partial charge on any atom is 0.416 e. The molecule has 1 aromatic heterocycles. The number of rotatable bonds is 6. The van der Waals surface area contributed by atoms with Crippen molar-refractivity contribution in [2.45, 2.75) is 32.0 Å². The molecule has 12 heteroatoms. The van der Waals surface area contributed by atoms with Crippen molar-refractivity contribution in [1.82, 2.24) is 15.6 Å². The van der Waals surface area contributed by atoms with Crippen LogP contribution in [0.4, 0.5) is 30.2 Å². The van der Waals surface area contributed by atoms with Gasteiger partial charge >= 0.3 is 6.18 Å². The molecule has 3 heterocycles. The van der Waals surface area contributed by atoms with Crippen LogP contribution in [0, 0.1) is 6.92 Å². The first-order valence-corrected chi connectivity index (χ1v) is 13.7. The summed E-state index contributed by atoms with van der Waals surface area (Å²) < 4.78 is 39.3. The van der Waals surface area contributed by atoms with Gasteiger partial charge in [0, 0.05) is 53.5 Å². The molecule has 1 saturated carbocycles. The number of nitrogens with zero attached hydrogens (tertiary/aromatic N) is 3. The van der Waals surface area contributed by atoms with Crippen molar-refractivity contribution in [2.24, 2.45) is 4.99 Å². The zero-order chi connectivity index (χ0) is 30.1. The normalized spacial score (nSPS) is 16.2. The van der Waals surface area contributed by atoms with Crippen molar-refractivity contribution < 1.29 is 22.8 Å². The van der Waals surface area contributed by atoms with E-state index in [4.69, 9.17) is 0 Å². The highest BCUT2D eigenvalue weighted by atomic mass is 19.4. The van der Waals surface area contributed by atoms with Gasteiger partial charge in [-0.3, -0.25) is 9.59 Å². The number of fused-ring (bicyclic) bond motifs is 1. The lowest BCUT2D eigenvalue weighted by molar-refractivity contribution is -0.137. The molecule has 0 atom stereocenters. The third-order valence-corrected chi connectivity index (χ3v) is 7.26. The SMILES string of the molecule is Cc1ccc(NC(=O)c2cccc(C(F)(F)F)c2)cc1N1CC=C2NC(Nc3ccc(C(=O)NC4CC4)nc3)=NC=C2C1. The minimum atomic E-state index is -4.53. The predicted octanol–water partition coefficient (Wildman–Crippen LogP) is 5.21. The second-order valence-corrected chi connectivity index (χ2v) is 10.6. The van der Waals surface area contributed by atoms with Crippen molar-refractivity contribution in [3.63, 3.8) is 0 Å². The number of hydrogen-bond donors (Lipinski definition) is 4. The summed E-state index contributed by atoms with van der Waals surface area (Å²) in [6, 6.07) is 13.4. The fraction of sp³-hybridized carbons (Fsp3) is 0.226. The number of aromatic nitrogens is 1. The Bertz CT molecular complexity index is 1680. The maximum atomic E-state index is 13.1. The van der Waals surface area contributed by atoms with E-state index in [1.54, 1.807) is 30.6 Å². The van der Waals surface area contributed by atoms with Gasteiger partial charge < -0.3 is 26.2 Å². The van der Waals surface area contributed by atoms with Crippen LogP contribution in [-0.2, 0) is 6.18 Å². The third-order valence-electron chi connectivity index (χ3n) is 7.26. The number of aryl methyl sites for hydroxylation is 1. The van der Waals surface area contributed by atoms with Crippen LogP contribution in [0.3, 0.4) is 0 Å². The van der Waals surface area contributed by atoms with Crippen LogP contribution >= 0.6 is 0 Å². The Labute approximate surface area is 245 Å². The molecule has 220 valence electrons. The minimum Gasteiger partial charge on any atom is -0.363 e. The second kappa shape index (κ2) is 11.3. The van der Waals surface area contributed by atoms with Crippen LogP contribution in [0.5, 0.6) is 0 Å². The molecule has 0 spiro atoms. The highest BCUT2D eigenvalue weighted by Crippen LogP contribution is 2.31. The topological polar surface area (TPSA) is 111 Å². The lowest BCUT2D eigenvalue weighted by Gasteiger charge is -2.33. The number of alkyl halides is 3. The van der Waals surface area contributed by atoms with Crippen LogP contribution in [0.15, 0.2) is 89.3 Å². The summed E-state index contributed by atoms with van der Waals surface area (Å²) in [5.74, 6) is -0.275. The first-order valence-electron chi connectivity index (χ1n) is 13.7. The van der Waals surface area contributed by atoms with E-state index >= 15 is 0 Å². The molecule has 0 radical (unpaired) electrons. The van der Waals surface area contributed by atoms with E-state index < -0.39 is 17.6 Å². The zero-order valence-electron chi connectivity index (χ0n) is 23.1. The van der Waals surface area contributed by atoms with Crippen molar-refractivity contribution in [2.75, 3.05) is 28.6 Å². The van der Waals surface area contributed by atoms with Crippen molar-refractivity contribution >= 4 is 34.8 Å². The van der Waals surface area contributed by atoms with Gasteiger partial charge in [-0.15, -0.1) is 0 Å². The third kappa shape index (κ3) is 6.53. The van der Waals surface area contributed by atoms with Gasteiger partial charge in [-0.05, 0) is 73.9 Å². The maximum absolute atomic E-state index is 13.1. The fourth-order valence-corrected chi connectivity index (χ4v) is 4.77. The first kappa shape index (κ1) is 28.0. The standard InChI is InChI=1S/C31H28F3N7O2/c1-18-5-6-23(38-28(42)19-3-2-4-21(13-19)31(32,33)34)14-27(18)41-12-11-25-20(17-41)15-36-30(40-25)39-24-9-10-26(35-16-24)29(43)37-22-7-8-22/h2-6,9-11,13-16,22H,7-8,12,17H2,1H3,(H,37,43)(H,38,42)(H2,36,39,40). The minimum absolute atomic E-state index is 0.0750. The fourth-order valence-electron chi connectivity index (χ4n) is 4.77. The van der Waals surface area contributed by atoms with E-state index in [-0.39, 0.29) is 17.5 Å². The lowest BCUT2D eigenvalue weighted by Crippen LogP contribution is -2.39. The molecule has 9 nitrogen and oxygen atoms in total. The summed E-state index contributed by atoms with van der Waals surface area (Å²) in [5, 5.41) is 12.1. The summed E-state index contributed by atoms with van der Waals surface area (Å²) in [6.45, 7) is 3.08. The molecule has 0 saturated heterocycles. The predicted molar refractivity (Wildman–Crippen MR) is 158 cm³/mol. The molecule has 3 aliphatic rings. The summed E-state index contributed by atoms with van der Waals surface area (Å²) >= 11 is 0. The molecule has 1 aliphatic carbocycles. The molecule has 0 unspecified atom stereocenters. The number of anilines is 3. The Hall–Kier alpha value is -5.13. The van der Waals surface area contributed by atoms with Gasteiger partial charge in [0.05, 0.1) is 17.4 Å². The number of benzene rings is 2. The highest BCUT2D eigenvalue weighted by molar-refractivity contribution is 6.04. The summed E-state index contributed by atoms with van der Waals surface area (Å²) in [4.78, 5) is 35.8. The van der Waals surface area contributed by atoms with E-state index in [0.717, 1.165) is 47.5 Å². The Balaban J connectivity index is 1.11. The number of aliphatic imine (C=N–C) groups is 1. The number of carbonyl (C=O) groups is 2. The number of carbonyl (C=O) groups excluding carboxylic acids is 2. The molecular formula is C31H28F3N7O2. The molecular weight excluding hydrogens is 559 g/mol. The molecule has 2 aromatic carbocycles. The van der Waals surface area contributed by atoms with Gasteiger partial charge in [0.25, 0.3) is 11.8 Å². The molecule has 2 amide bonds.